The van der Waals surface area contributed by atoms with Crippen molar-refractivity contribution in [3.8, 4) is 11.3 Å². The van der Waals surface area contributed by atoms with Gasteiger partial charge in [0.15, 0.2) is 0 Å². The van der Waals surface area contributed by atoms with Gasteiger partial charge in [-0.3, -0.25) is 4.79 Å². The second kappa shape index (κ2) is 8.95. The number of hydrogen-bond acceptors (Lipinski definition) is 2. The molecule has 0 radical (unpaired) electrons. The molecule has 4 aromatic rings. The zero-order valence-electron chi connectivity index (χ0n) is 15.4. The van der Waals surface area contributed by atoms with Crippen molar-refractivity contribution in [3.05, 3.63) is 88.4 Å². The van der Waals surface area contributed by atoms with Gasteiger partial charge in [-0.15, -0.1) is 11.8 Å². The zero-order chi connectivity index (χ0) is 20.2. The second-order valence-electron chi connectivity index (χ2n) is 6.49. The largest absolute Gasteiger partial charge is 0.354 e. The van der Waals surface area contributed by atoms with Gasteiger partial charge in [0.1, 0.15) is 0 Å². The quantitative estimate of drug-likeness (QED) is 0.260. The molecule has 1 amide bonds. The van der Waals surface area contributed by atoms with E-state index < -0.39 is 0 Å². The van der Waals surface area contributed by atoms with Gasteiger partial charge in [0, 0.05) is 43.7 Å². The van der Waals surface area contributed by atoms with Crippen molar-refractivity contribution in [3.63, 3.8) is 0 Å². The molecular formula is C23H18Cl2N2OS. The Kier molecular flexibility index (Phi) is 6.14. The van der Waals surface area contributed by atoms with E-state index in [2.05, 4.69) is 22.4 Å². The van der Waals surface area contributed by atoms with Crippen LogP contribution >= 0.6 is 35.0 Å². The van der Waals surface area contributed by atoms with Crippen molar-refractivity contribution >= 4 is 51.8 Å². The maximum atomic E-state index is 12.3. The molecule has 0 spiro atoms. The Labute approximate surface area is 183 Å². The first-order valence-electron chi connectivity index (χ1n) is 9.15. The first-order chi connectivity index (χ1) is 14.1. The number of thioether (sulfide) groups is 1. The summed E-state index contributed by atoms with van der Waals surface area (Å²) in [5, 5.41) is 5.47. The minimum absolute atomic E-state index is 0.0980. The van der Waals surface area contributed by atoms with Crippen LogP contribution in [0.1, 0.15) is 10.4 Å². The molecular weight excluding hydrogens is 423 g/mol. The predicted molar refractivity (Wildman–Crippen MR) is 123 cm³/mol. The fraction of sp³-hybridized carbons (Fsp3) is 0.0870. The number of H-pyrrole nitrogens is 1. The molecule has 0 unspecified atom stereocenters. The molecule has 146 valence electrons. The summed E-state index contributed by atoms with van der Waals surface area (Å²) in [6, 6.07) is 22.9. The molecule has 0 aliphatic carbocycles. The van der Waals surface area contributed by atoms with Crippen molar-refractivity contribution in [2.45, 2.75) is 4.90 Å². The standard InChI is InChI=1S/C23H18Cl2N2OS/c24-17-9-5-15(6-10-17)21-22(19-3-1-2-4-20(19)27-21)29-14-13-26-23(28)16-7-11-18(25)12-8-16/h1-12,27H,13-14H2,(H,26,28). The highest BCUT2D eigenvalue weighted by Crippen LogP contribution is 2.37. The van der Waals surface area contributed by atoms with Crippen molar-refractivity contribution < 1.29 is 4.79 Å². The zero-order valence-corrected chi connectivity index (χ0v) is 17.7. The molecule has 0 aliphatic rings. The molecule has 4 rings (SSSR count). The average molecular weight is 441 g/mol. The van der Waals surface area contributed by atoms with Crippen molar-refractivity contribution in [1.29, 1.82) is 0 Å². The highest BCUT2D eigenvalue weighted by Gasteiger charge is 2.14. The van der Waals surface area contributed by atoms with Crippen LogP contribution in [0.3, 0.4) is 0 Å². The third kappa shape index (κ3) is 4.61. The van der Waals surface area contributed by atoms with Gasteiger partial charge in [0.25, 0.3) is 5.91 Å². The Hall–Kier alpha value is -2.40. The Bertz CT molecular complexity index is 1140. The molecule has 3 nitrogen and oxygen atoms in total. The molecule has 0 fully saturated rings. The average Bonchev–Trinajstić information content (AvgIpc) is 3.10. The first-order valence-corrected chi connectivity index (χ1v) is 10.9. The van der Waals surface area contributed by atoms with E-state index in [0.29, 0.717) is 22.2 Å². The number of carbonyl (C=O) groups excluding carboxylic acids is 1. The lowest BCUT2D eigenvalue weighted by Gasteiger charge is -2.07. The van der Waals surface area contributed by atoms with Crippen LogP contribution < -0.4 is 5.32 Å². The Balaban J connectivity index is 1.48. The highest BCUT2D eigenvalue weighted by atomic mass is 35.5. The van der Waals surface area contributed by atoms with Crippen LogP contribution in [-0.4, -0.2) is 23.2 Å². The molecule has 29 heavy (non-hydrogen) atoms. The Morgan fingerprint density at radius 1 is 0.897 bits per heavy atom. The van der Waals surface area contributed by atoms with Gasteiger partial charge < -0.3 is 10.3 Å². The smallest absolute Gasteiger partial charge is 0.251 e. The summed E-state index contributed by atoms with van der Waals surface area (Å²) in [5.74, 6) is 0.654. The summed E-state index contributed by atoms with van der Waals surface area (Å²) in [6.07, 6.45) is 0. The number of benzene rings is 3. The number of aromatic amines is 1. The topological polar surface area (TPSA) is 44.9 Å². The number of amides is 1. The molecule has 0 aliphatic heterocycles. The predicted octanol–water partition coefficient (Wildman–Crippen LogP) is 6.66. The summed E-state index contributed by atoms with van der Waals surface area (Å²) >= 11 is 13.6. The van der Waals surface area contributed by atoms with Gasteiger partial charge >= 0.3 is 0 Å². The van der Waals surface area contributed by atoms with Gasteiger partial charge in [0.2, 0.25) is 0 Å². The molecule has 2 N–H and O–H groups in total. The molecule has 1 aromatic heterocycles. The van der Waals surface area contributed by atoms with Gasteiger partial charge in [-0.2, -0.15) is 0 Å². The van der Waals surface area contributed by atoms with E-state index in [-0.39, 0.29) is 5.91 Å². The summed E-state index contributed by atoms with van der Waals surface area (Å²) in [6.45, 7) is 0.561. The Morgan fingerprint density at radius 2 is 1.55 bits per heavy atom. The lowest BCUT2D eigenvalue weighted by atomic mass is 10.1. The maximum absolute atomic E-state index is 12.3. The van der Waals surface area contributed by atoms with E-state index in [4.69, 9.17) is 23.2 Å². The van der Waals surface area contributed by atoms with Gasteiger partial charge in [-0.1, -0.05) is 53.5 Å². The van der Waals surface area contributed by atoms with Crippen LogP contribution in [-0.2, 0) is 0 Å². The third-order valence-electron chi connectivity index (χ3n) is 4.53. The monoisotopic (exact) mass is 440 g/mol. The van der Waals surface area contributed by atoms with Gasteiger partial charge in [-0.05, 0) is 48.0 Å². The molecule has 1 heterocycles. The molecule has 0 atom stereocenters. The molecule has 0 saturated heterocycles. The van der Waals surface area contributed by atoms with Crippen LogP contribution in [0.15, 0.2) is 77.7 Å². The normalized spacial score (nSPS) is 11.0. The first kappa shape index (κ1) is 19.9. The van der Waals surface area contributed by atoms with E-state index in [1.54, 1.807) is 36.0 Å². The van der Waals surface area contributed by atoms with Crippen LogP contribution in [0.4, 0.5) is 0 Å². The fourth-order valence-electron chi connectivity index (χ4n) is 3.11. The van der Waals surface area contributed by atoms with Gasteiger partial charge in [0.05, 0.1) is 5.69 Å². The lowest BCUT2D eigenvalue weighted by Crippen LogP contribution is -2.25. The van der Waals surface area contributed by atoms with E-state index in [9.17, 15) is 4.79 Å². The molecule has 6 heteroatoms. The summed E-state index contributed by atoms with van der Waals surface area (Å²) in [7, 11) is 0. The number of carbonyl (C=O) groups is 1. The fourth-order valence-corrected chi connectivity index (χ4v) is 4.41. The number of nitrogens with one attached hydrogen (secondary N) is 2. The number of rotatable bonds is 6. The number of para-hydroxylation sites is 1. The third-order valence-corrected chi connectivity index (χ3v) is 6.16. The molecule has 0 bridgehead atoms. The minimum Gasteiger partial charge on any atom is -0.354 e. The highest BCUT2D eigenvalue weighted by molar-refractivity contribution is 7.99. The van der Waals surface area contributed by atoms with E-state index >= 15 is 0 Å². The minimum atomic E-state index is -0.0980. The lowest BCUT2D eigenvalue weighted by molar-refractivity contribution is 0.0956. The van der Waals surface area contributed by atoms with E-state index in [1.807, 2.05) is 36.4 Å². The van der Waals surface area contributed by atoms with Crippen LogP contribution in [0, 0.1) is 0 Å². The van der Waals surface area contributed by atoms with Crippen LogP contribution in [0.5, 0.6) is 0 Å². The Morgan fingerprint density at radius 3 is 2.28 bits per heavy atom. The number of hydrogen-bond donors (Lipinski definition) is 2. The maximum Gasteiger partial charge on any atom is 0.251 e. The molecule has 0 saturated carbocycles. The van der Waals surface area contributed by atoms with Crippen LogP contribution in [0.2, 0.25) is 10.0 Å². The van der Waals surface area contributed by atoms with Crippen molar-refractivity contribution in [2.24, 2.45) is 0 Å². The second-order valence-corrected chi connectivity index (χ2v) is 8.47. The van der Waals surface area contributed by atoms with E-state index in [1.165, 1.54) is 10.3 Å². The number of fused-ring (bicyclic) bond motifs is 1. The number of halogens is 2. The summed E-state index contributed by atoms with van der Waals surface area (Å²) in [4.78, 5) is 17.0. The number of aromatic nitrogens is 1. The molecule has 3 aromatic carbocycles. The van der Waals surface area contributed by atoms with Crippen LogP contribution in [0.25, 0.3) is 22.2 Å². The van der Waals surface area contributed by atoms with Crippen molar-refractivity contribution in [1.82, 2.24) is 10.3 Å². The SMILES string of the molecule is O=C(NCCSc1c(-c2ccc(Cl)cc2)[nH]c2ccccc12)c1ccc(Cl)cc1. The van der Waals surface area contributed by atoms with Gasteiger partial charge in [-0.25, -0.2) is 0 Å². The van der Waals surface area contributed by atoms with Crippen molar-refractivity contribution in [2.75, 3.05) is 12.3 Å². The summed E-state index contributed by atoms with van der Waals surface area (Å²) in [5.41, 5.74) is 3.84. The summed E-state index contributed by atoms with van der Waals surface area (Å²) < 4.78 is 0. The van der Waals surface area contributed by atoms with E-state index in [0.717, 1.165) is 22.5 Å².